The van der Waals surface area contributed by atoms with Gasteiger partial charge in [-0.15, -0.1) is 6.58 Å². The first kappa shape index (κ1) is 27.8. The van der Waals surface area contributed by atoms with Gasteiger partial charge in [0.1, 0.15) is 0 Å². The van der Waals surface area contributed by atoms with Gasteiger partial charge in [-0.3, -0.25) is 14.5 Å². The Morgan fingerprint density at radius 2 is 1.42 bits per heavy atom. The van der Waals surface area contributed by atoms with Crippen molar-refractivity contribution in [3.63, 3.8) is 0 Å². The maximum atomic E-state index is 12.6. The average Bonchev–Trinajstić information content (AvgIpc) is 3.56. The van der Waals surface area contributed by atoms with Crippen molar-refractivity contribution in [1.82, 2.24) is 10.2 Å². The zero-order chi connectivity index (χ0) is 31.1. The number of nitrogens with zero attached hydrogens (tertiary/aromatic N) is 1. The molecular weight excluding hydrogens is 576 g/mol. The van der Waals surface area contributed by atoms with E-state index >= 15 is 0 Å². The van der Waals surface area contributed by atoms with Crippen LogP contribution in [-0.4, -0.2) is 92.0 Å². The normalized spacial score (nSPS) is 40.8. The molecule has 0 amide bonds. The van der Waals surface area contributed by atoms with E-state index < -0.39 is 34.2 Å². The van der Waals surface area contributed by atoms with Crippen LogP contribution in [0.25, 0.3) is 0 Å². The first-order valence-corrected chi connectivity index (χ1v) is 16.2. The Balaban J connectivity index is 0.000000126. The van der Waals surface area contributed by atoms with Crippen molar-refractivity contribution < 1.29 is 39.5 Å². The first-order valence-electron chi connectivity index (χ1n) is 16.2. The molecule has 2 spiro atoms. The Bertz CT molecular complexity index is 1710. The van der Waals surface area contributed by atoms with Crippen LogP contribution in [0.4, 0.5) is 0 Å². The lowest BCUT2D eigenvalue weighted by Gasteiger charge is -2.62. The first-order chi connectivity index (χ1) is 21.6. The second-order valence-corrected chi connectivity index (χ2v) is 14.3. The van der Waals surface area contributed by atoms with Crippen LogP contribution < -0.4 is 14.8 Å². The molecule has 45 heavy (non-hydrogen) atoms. The van der Waals surface area contributed by atoms with Crippen LogP contribution in [0.5, 0.6) is 23.0 Å². The highest BCUT2D eigenvalue weighted by Crippen LogP contribution is 2.65. The number of hydrogen-bond donors (Lipinski definition) is 5. The van der Waals surface area contributed by atoms with Gasteiger partial charge in [0.25, 0.3) is 0 Å². The molecule has 2 saturated carbocycles. The molecule has 2 aromatic carbocycles. The third-order valence-electron chi connectivity index (χ3n) is 12.8. The fraction of sp³-hybridized carbons (Fsp3) is 0.543. The molecule has 8 aliphatic rings. The van der Waals surface area contributed by atoms with Gasteiger partial charge in [-0.2, -0.15) is 0 Å². The van der Waals surface area contributed by atoms with Gasteiger partial charge in [0, 0.05) is 49.1 Å². The Labute approximate surface area is 260 Å². The molecule has 4 aliphatic heterocycles. The summed E-state index contributed by atoms with van der Waals surface area (Å²) < 4.78 is 11.9. The number of phenols is 2. The van der Waals surface area contributed by atoms with Crippen LogP contribution in [0.15, 0.2) is 36.9 Å². The molecule has 4 fully saturated rings. The van der Waals surface area contributed by atoms with Gasteiger partial charge in [0.2, 0.25) is 0 Å². The molecule has 4 bridgehead atoms. The number of phenolic OH excluding ortho intramolecular Hbond substituents is 2. The predicted octanol–water partition coefficient (Wildman–Crippen LogP) is 1.70. The van der Waals surface area contributed by atoms with Crippen molar-refractivity contribution in [3.8, 4) is 23.0 Å². The number of carbonyl (C=O) groups is 2. The summed E-state index contributed by atoms with van der Waals surface area (Å²) in [6.45, 7) is 6.12. The van der Waals surface area contributed by atoms with Crippen molar-refractivity contribution in [2.24, 2.45) is 0 Å². The number of hydrogen-bond acceptors (Lipinski definition) is 10. The Morgan fingerprint density at radius 1 is 0.844 bits per heavy atom. The fourth-order valence-electron chi connectivity index (χ4n) is 11.0. The van der Waals surface area contributed by atoms with E-state index in [1.807, 2.05) is 18.2 Å². The molecule has 2 aromatic rings. The molecule has 4 heterocycles. The lowest BCUT2D eigenvalue weighted by molar-refractivity contribution is -0.187. The number of aliphatic hydroxyl groups is 2. The van der Waals surface area contributed by atoms with Gasteiger partial charge < -0.3 is 35.2 Å². The van der Waals surface area contributed by atoms with E-state index in [9.17, 15) is 30.0 Å². The third kappa shape index (κ3) is 3.05. The highest BCUT2D eigenvalue weighted by atomic mass is 16.5. The van der Waals surface area contributed by atoms with Crippen LogP contribution in [0.1, 0.15) is 60.8 Å². The number of piperidine rings is 2. The zero-order valence-electron chi connectivity index (χ0n) is 25.1. The summed E-state index contributed by atoms with van der Waals surface area (Å²) in [5.74, 6) is 1.07. The third-order valence-corrected chi connectivity index (χ3v) is 12.8. The lowest BCUT2D eigenvalue weighted by atomic mass is 9.49. The van der Waals surface area contributed by atoms with Gasteiger partial charge >= 0.3 is 0 Å². The van der Waals surface area contributed by atoms with Crippen molar-refractivity contribution in [2.45, 2.75) is 97.7 Å². The van der Waals surface area contributed by atoms with Crippen LogP contribution in [-0.2, 0) is 33.3 Å². The van der Waals surface area contributed by atoms with E-state index in [0.717, 1.165) is 41.9 Å². The number of ketones is 2. The largest absolute Gasteiger partial charge is 0.504 e. The highest BCUT2D eigenvalue weighted by Gasteiger charge is 2.74. The second kappa shape index (κ2) is 8.88. The van der Waals surface area contributed by atoms with Gasteiger partial charge in [-0.05, 0) is 68.3 Å². The SMILES string of the molecule is C=CCN1CC[C@]23c4c5ccc(O)c4O[C@H]2C(=O)CC[C@@]3(O)[C@H]1C5.O=C1CC[C@@]2(O)[C@H]3Cc4ccc(O)c5c4[C@@]2(CCN3)[C@H]1O5. The second-order valence-electron chi connectivity index (χ2n) is 14.3. The van der Waals surface area contributed by atoms with Gasteiger partial charge in [-0.25, -0.2) is 0 Å². The van der Waals surface area contributed by atoms with Crippen molar-refractivity contribution in [1.29, 1.82) is 0 Å². The summed E-state index contributed by atoms with van der Waals surface area (Å²) in [5.41, 5.74) is 0.588. The molecule has 236 valence electrons. The number of likely N-dealkylation sites (tertiary alicyclic amines) is 1. The number of aromatic hydroxyl groups is 2. The maximum Gasteiger partial charge on any atom is 0.174 e. The maximum absolute atomic E-state index is 12.6. The molecular formula is C35H38N2O8. The summed E-state index contributed by atoms with van der Waals surface area (Å²) in [4.78, 5) is 27.3. The van der Waals surface area contributed by atoms with Crippen molar-refractivity contribution in [2.75, 3.05) is 19.6 Å². The number of rotatable bonds is 2. The molecule has 5 N–H and O–H groups in total. The molecule has 10 rings (SSSR count). The van der Waals surface area contributed by atoms with Gasteiger partial charge in [0.05, 0.1) is 22.0 Å². The lowest BCUT2D eigenvalue weighted by Crippen LogP contribution is -2.76. The summed E-state index contributed by atoms with van der Waals surface area (Å²) >= 11 is 0. The van der Waals surface area contributed by atoms with E-state index in [1.165, 1.54) is 0 Å². The van der Waals surface area contributed by atoms with E-state index in [4.69, 9.17) is 9.47 Å². The minimum Gasteiger partial charge on any atom is -0.504 e. The Kier molecular flexibility index (Phi) is 5.49. The Hall–Kier alpha value is -3.44. The number of ether oxygens (including phenoxy) is 2. The summed E-state index contributed by atoms with van der Waals surface area (Å²) in [7, 11) is 0. The molecule has 10 nitrogen and oxygen atoms in total. The zero-order valence-corrected chi connectivity index (χ0v) is 25.1. The van der Waals surface area contributed by atoms with E-state index in [-0.39, 0.29) is 35.1 Å². The van der Waals surface area contributed by atoms with E-state index in [2.05, 4.69) is 16.8 Å². The van der Waals surface area contributed by atoms with Gasteiger partial charge in [-0.1, -0.05) is 18.2 Å². The van der Waals surface area contributed by atoms with E-state index in [1.54, 1.807) is 12.1 Å². The molecule has 2 saturated heterocycles. The minimum absolute atomic E-state index is 0.0408. The summed E-state index contributed by atoms with van der Waals surface area (Å²) in [6, 6.07) is 7.00. The summed E-state index contributed by atoms with van der Waals surface area (Å²) in [5, 5.41) is 47.1. The smallest absolute Gasteiger partial charge is 0.174 e. The van der Waals surface area contributed by atoms with Gasteiger partial charge in [0.15, 0.2) is 46.8 Å². The van der Waals surface area contributed by atoms with Crippen LogP contribution in [0.2, 0.25) is 0 Å². The molecule has 0 aromatic heterocycles. The molecule has 0 unspecified atom stereocenters. The van der Waals surface area contributed by atoms with Crippen molar-refractivity contribution >= 4 is 11.6 Å². The molecule has 4 aliphatic carbocycles. The minimum atomic E-state index is -1.00. The van der Waals surface area contributed by atoms with Crippen LogP contribution in [0.3, 0.4) is 0 Å². The highest BCUT2D eigenvalue weighted by molar-refractivity contribution is 5.91. The fourth-order valence-corrected chi connectivity index (χ4v) is 11.0. The van der Waals surface area contributed by atoms with Crippen LogP contribution >= 0.6 is 0 Å². The monoisotopic (exact) mass is 614 g/mol. The molecule has 8 atom stereocenters. The number of Topliss-reactive ketones (excluding diaryl/α,β-unsaturated/α-hetero) is 2. The number of benzene rings is 2. The van der Waals surface area contributed by atoms with Crippen molar-refractivity contribution in [3.05, 3.63) is 59.2 Å². The number of carbonyl (C=O) groups excluding carboxylic acids is 2. The molecule has 0 radical (unpaired) electrons. The van der Waals surface area contributed by atoms with E-state index in [0.29, 0.717) is 62.9 Å². The topological polar surface area (TPSA) is 149 Å². The number of nitrogens with one attached hydrogen (secondary N) is 1. The standard InChI is InChI=1S/C19H21NO4.C16H17NO4/c1-2-8-20-9-7-18-15-11-3-4-12(21)16(15)24-17(18)13(22)5-6-19(18,23)14(20)10-11;18-9-2-1-8-7-11-16(20)4-3-10(19)14-15(16,5-6-17-11)12(8)13(9)21-14/h2-4,14,17,21,23H,1,5-10H2;1-2,11,14,17-18,20H,3-7H2/t14-,17+,18+,19-;11-,14+,15+,16-/m11/s1. The predicted molar refractivity (Wildman–Crippen MR) is 161 cm³/mol. The van der Waals surface area contributed by atoms with Crippen LogP contribution in [0, 0.1) is 0 Å². The molecule has 10 heteroatoms. The summed E-state index contributed by atoms with van der Waals surface area (Å²) in [6.07, 6.45) is 4.88. The Morgan fingerprint density at radius 3 is 2.04 bits per heavy atom. The quantitative estimate of drug-likeness (QED) is 0.317. The average molecular weight is 615 g/mol.